The summed E-state index contributed by atoms with van der Waals surface area (Å²) in [6.07, 6.45) is 0. The smallest absolute Gasteiger partial charge is 0.132 e. The molecule has 0 unspecified atom stereocenters. The van der Waals surface area contributed by atoms with Gasteiger partial charge in [0.1, 0.15) is 11.0 Å². The second-order valence-electron chi connectivity index (χ2n) is 4.96. The Labute approximate surface area is 129 Å². The number of aromatic nitrogens is 1. The van der Waals surface area contributed by atoms with Gasteiger partial charge in [-0.05, 0) is 24.3 Å². The summed E-state index contributed by atoms with van der Waals surface area (Å²) < 4.78 is 0. The monoisotopic (exact) mass is 298 g/mol. The molecule has 1 aromatic heterocycles. The van der Waals surface area contributed by atoms with Gasteiger partial charge in [-0.2, -0.15) is 5.26 Å². The Morgan fingerprint density at radius 1 is 1.00 bits per heavy atom. The van der Waals surface area contributed by atoms with E-state index in [1.165, 1.54) is 5.69 Å². The van der Waals surface area contributed by atoms with E-state index in [2.05, 4.69) is 45.1 Å². The fraction of sp³-hybridized carbons (Fsp3) is 0.250. The molecule has 3 rings (SSSR count). The Bertz CT molecular complexity index is 658. The molecule has 0 saturated carbocycles. The molecule has 5 heteroatoms. The minimum absolute atomic E-state index is 0.370. The van der Waals surface area contributed by atoms with E-state index in [1.54, 1.807) is 12.1 Å². The SMILES string of the molecule is N#Cc1cc(Cl)nc(N2CCN(c3ccccc3)CC2)c1. The van der Waals surface area contributed by atoms with Crippen LogP contribution < -0.4 is 9.80 Å². The van der Waals surface area contributed by atoms with Gasteiger partial charge in [0, 0.05) is 31.9 Å². The number of rotatable bonds is 2. The lowest BCUT2D eigenvalue weighted by atomic mass is 10.2. The highest BCUT2D eigenvalue weighted by atomic mass is 35.5. The first-order valence-corrected chi connectivity index (χ1v) is 7.27. The zero-order valence-corrected chi connectivity index (χ0v) is 12.3. The Hall–Kier alpha value is -2.25. The predicted molar refractivity (Wildman–Crippen MR) is 84.8 cm³/mol. The average Bonchev–Trinajstić information content (AvgIpc) is 2.55. The number of halogens is 1. The Morgan fingerprint density at radius 3 is 2.33 bits per heavy atom. The molecular weight excluding hydrogens is 284 g/mol. The molecule has 0 amide bonds. The van der Waals surface area contributed by atoms with E-state index in [-0.39, 0.29) is 0 Å². The van der Waals surface area contributed by atoms with E-state index in [0.29, 0.717) is 10.7 Å². The van der Waals surface area contributed by atoms with Crippen LogP contribution in [0.1, 0.15) is 5.56 Å². The molecule has 0 aliphatic carbocycles. The normalized spacial score (nSPS) is 14.9. The maximum Gasteiger partial charge on any atom is 0.132 e. The van der Waals surface area contributed by atoms with Crippen molar-refractivity contribution >= 4 is 23.1 Å². The summed E-state index contributed by atoms with van der Waals surface area (Å²) in [6.45, 7) is 3.60. The summed E-state index contributed by atoms with van der Waals surface area (Å²) in [7, 11) is 0. The fourth-order valence-electron chi connectivity index (χ4n) is 2.54. The van der Waals surface area contributed by atoms with E-state index in [0.717, 1.165) is 32.0 Å². The van der Waals surface area contributed by atoms with Gasteiger partial charge < -0.3 is 9.80 Å². The van der Waals surface area contributed by atoms with E-state index in [4.69, 9.17) is 16.9 Å². The van der Waals surface area contributed by atoms with Crippen molar-refractivity contribution in [2.45, 2.75) is 0 Å². The van der Waals surface area contributed by atoms with Crippen molar-refractivity contribution < 1.29 is 0 Å². The molecule has 1 aromatic carbocycles. The molecule has 0 radical (unpaired) electrons. The number of piperazine rings is 1. The topological polar surface area (TPSA) is 43.2 Å². The zero-order valence-electron chi connectivity index (χ0n) is 11.5. The average molecular weight is 299 g/mol. The van der Waals surface area contributed by atoms with Crippen molar-refractivity contribution in [3.63, 3.8) is 0 Å². The summed E-state index contributed by atoms with van der Waals surface area (Å²) in [5.74, 6) is 0.784. The summed E-state index contributed by atoms with van der Waals surface area (Å²) >= 11 is 5.97. The lowest BCUT2D eigenvalue weighted by molar-refractivity contribution is 0.647. The first-order valence-electron chi connectivity index (χ1n) is 6.89. The van der Waals surface area contributed by atoms with E-state index in [1.807, 2.05) is 6.07 Å². The summed E-state index contributed by atoms with van der Waals surface area (Å²) in [5.41, 5.74) is 1.80. The predicted octanol–water partition coefficient (Wildman–Crippen LogP) is 2.93. The fourth-order valence-corrected chi connectivity index (χ4v) is 2.75. The van der Waals surface area contributed by atoms with Crippen molar-refractivity contribution in [3.05, 3.63) is 53.2 Å². The van der Waals surface area contributed by atoms with Crippen LogP contribution in [-0.4, -0.2) is 31.2 Å². The number of pyridine rings is 1. The minimum Gasteiger partial charge on any atom is -0.368 e. The van der Waals surface area contributed by atoms with Crippen molar-refractivity contribution in [2.75, 3.05) is 36.0 Å². The summed E-state index contributed by atoms with van der Waals surface area (Å²) in [6, 6.07) is 15.9. The third-order valence-electron chi connectivity index (χ3n) is 3.63. The lowest BCUT2D eigenvalue weighted by Crippen LogP contribution is -2.46. The van der Waals surface area contributed by atoms with E-state index < -0.39 is 0 Å². The van der Waals surface area contributed by atoms with E-state index in [9.17, 15) is 0 Å². The van der Waals surface area contributed by atoms with Crippen LogP contribution in [0.25, 0.3) is 0 Å². The lowest BCUT2D eigenvalue weighted by Gasteiger charge is -2.36. The maximum absolute atomic E-state index is 9.01. The standard InChI is InChI=1S/C16H15ClN4/c17-15-10-13(12-18)11-16(19-15)21-8-6-20(7-9-21)14-4-2-1-3-5-14/h1-5,10-11H,6-9H2. The van der Waals surface area contributed by atoms with Crippen molar-refractivity contribution in [1.29, 1.82) is 5.26 Å². The molecule has 1 saturated heterocycles. The quantitative estimate of drug-likeness (QED) is 0.800. The number of anilines is 2. The first kappa shape index (κ1) is 13.7. The van der Waals surface area contributed by atoms with Crippen LogP contribution in [-0.2, 0) is 0 Å². The van der Waals surface area contributed by atoms with Gasteiger partial charge in [0.25, 0.3) is 0 Å². The number of nitrogens with zero attached hydrogens (tertiary/aromatic N) is 4. The molecule has 0 bridgehead atoms. The minimum atomic E-state index is 0.370. The molecule has 2 heterocycles. The molecule has 106 valence electrons. The van der Waals surface area contributed by atoms with Crippen LogP contribution in [0.15, 0.2) is 42.5 Å². The summed E-state index contributed by atoms with van der Waals surface area (Å²) in [4.78, 5) is 8.85. The maximum atomic E-state index is 9.01. The highest BCUT2D eigenvalue weighted by molar-refractivity contribution is 6.29. The Morgan fingerprint density at radius 2 is 1.67 bits per heavy atom. The van der Waals surface area contributed by atoms with Gasteiger partial charge >= 0.3 is 0 Å². The van der Waals surface area contributed by atoms with Crippen LogP contribution in [0, 0.1) is 11.3 Å². The van der Waals surface area contributed by atoms with Gasteiger partial charge in [0.15, 0.2) is 0 Å². The molecule has 4 nitrogen and oxygen atoms in total. The highest BCUT2D eigenvalue weighted by Crippen LogP contribution is 2.21. The van der Waals surface area contributed by atoms with Crippen LogP contribution >= 0.6 is 11.6 Å². The Balaban J connectivity index is 1.71. The second-order valence-corrected chi connectivity index (χ2v) is 5.35. The van der Waals surface area contributed by atoms with Crippen molar-refractivity contribution in [2.24, 2.45) is 0 Å². The number of nitriles is 1. The molecule has 2 aromatic rings. The number of hydrogen-bond acceptors (Lipinski definition) is 4. The van der Waals surface area contributed by atoms with Gasteiger partial charge in [-0.3, -0.25) is 0 Å². The molecule has 0 N–H and O–H groups in total. The Kier molecular flexibility index (Phi) is 3.94. The third-order valence-corrected chi connectivity index (χ3v) is 3.83. The molecule has 1 fully saturated rings. The second kappa shape index (κ2) is 6.02. The number of hydrogen-bond donors (Lipinski definition) is 0. The largest absolute Gasteiger partial charge is 0.368 e. The third kappa shape index (κ3) is 3.09. The highest BCUT2D eigenvalue weighted by Gasteiger charge is 2.18. The molecule has 0 spiro atoms. The zero-order chi connectivity index (χ0) is 14.7. The van der Waals surface area contributed by atoms with Gasteiger partial charge in [-0.25, -0.2) is 4.98 Å². The van der Waals surface area contributed by atoms with Crippen LogP contribution in [0.4, 0.5) is 11.5 Å². The van der Waals surface area contributed by atoms with Gasteiger partial charge in [0.05, 0.1) is 11.6 Å². The van der Waals surface area contributed by atoms with Gasteiger partial charge in [-0.1, -0.05) is 29.8 Å². The molecule has 0 atom stereocenters. The number of para-hydroxylation sites is 1. The molecular formula is C16H15ClN4. The van der Waals surface area contributed by atoms with Crippen molar-refractivity contribution in [1.82, 2.24) is 4.98 Å². The summed E-state index contributed by atoms with van der Waals surface area (Å²) in [5, 5.41) is 9.38. The first-order chi connectivity index (χ1) is 10.3. The van der Waals surface area contributed by atoms with E-state index >= 15 is 0 Å². The van der Waals surface area contributed by atoms with Crippen molar-refractivity contribution in [3.8, 4) is 6.07 Å². The van der Waals surface area contributed by atoms with Gasteiger partial charge in [0.2, 0.25) is 0 Å². The number of benzene rings is 1. The van der Waals surface area contributed by atoms with Crippen LogP contribution in [0.2, 0.25) is 5.15 Å². The molecule has 1 aliphatic rings. The van der Waals surface area contributed by atoms with Crippen LogP contribution in [0.3, 0.4) is 0 Å². The molecule has 1 aliphatic heterocycles. The molecule has 21 heavy (non-hydrogen) atoms. The van der Waals surface area contributed by atoms with Gasteiger partial charge in [-0.15, -0.1) is 0 Å². The van der Waals surface area contributed by atoms with Crippen LogP contribution in [0.5, 0.6) is 0 Å².